The van der Waals surface area contributed by atoms with E-state index >= 15 is 0 Å². The molecule has 4 aromatic rings. The van der Waals surface area contributed by atoms with Gasteiger partial charge in [-0.25, -0.2) is 18.5 Å². The number of aromatic nitrogens is 2. The molecule has 48 heavy (non-hydrogen) atoms. The van der Waals surface area contributed by atoms with Crippen molar-refractivity contribution in [1.29, 1.82) is 0 Å². The molecular formula is C37H44ClN5O4S. The topological polar surface area (TPSA) is 111 Å². The molecule has 0 spiro atoms. The van der Waals surface area contributed by atoms with Crippen molar-refractivity contribution in [2.75, 3.05) is 26.2 Å². The van der Waals surface area contributed by atoms with Gasteiger partial charge in [0.15, 0.2) is 0 Å². The molecule has 3 aliphatic heterocycles. The Bertz CT molecular complexity index is 1920. The number of carbonyl (C=O) groups excluding carboxylic acids is 1. The van der Waals surface area contributed by atoms with Crippen LogP contribution >= 0.6 is 11.6 Å². The van der Waals surface area contributed by atoms with Crippen LogP contribution in [0.25, 0.3) is 11.0 Å². The lowest BCUT2D eigenvalue weighted by molar-refractivity contribution is 0.0606. The van der Waals surface area contributed by atoms with E-state index in [0.29, 0.717) is 37.8 Å². The van der Waals surface area contributed by atoms with Crippen LogP contribution in [0.5, 0.6) is 5.75 Å². The van der Waals surface area contributed by atoms with Gasteiger partial charge >= 0.3 is 0 Å². The van der Waals surface area contributed by atoms with E-state index in [4.69, 9.17) is 26.5 Å². The molecule has 2 bridgehead atoms. The molecule has 11 heteroatoms. The molecular weight excluding hydrogens is 646 g/mol. The van der Waals surface area contributed by atoms with Crippen molar-refractivity contribution < 1.29 is 17.9 Å². The minimum absolute atomic E-state index is 0.00685. The van der Waals surface area contributed by atoms with E-state index < -0.39 is 10.0 Å². The first-order valence-corrected chi connectivity index (χ1v) is 19.0. The number of nitrogens with zero attached hydrogens (tertiary/aromatic N) is 4. The summed E-state index contributed by atoms with van der Waals surface area (Å²) in [6.07, 6.45) is 7.31. The number of ether oxygens (including phenoxy) is 1. The Balaban J connectivity index is 1.10. The van der Waals surface area contributed by atoms with Gasteiger partial charge in [0, 0.05) is 42.2 Å². The van der Waals surface area contributed by atoms with Gasteiger partial charge in [0.2, 0.25) is 10.0 Å². The molecule has 3 aliphatic rings. The molecule has 3 aromatic carbocycles. The Morgan fingerprint density at radius 1 is 1.00 bits per heavy atom. The number of piperidine rings is 2. The monoisotopic (exact) mass is 689 g/mol. The second-order valence-electron chi connectivity index (χ2n) is 13.7. The Hall–Kier alpha value is -3.44. The third-order valence-corrected chi connectivity index (χ3v) is 12.5. The lowest BCUT2D eigenvalue weighted by atomic mass is 9.70. The van der Waals surface area contributed by atoms with Crippen LogP contribution in [0.15, 0.2) is 71.6 Å². The molecule has 3 saturated heterocycles. The Morgan fingerprint density at radius 3 is 2.44 bits per heavy atom. The minimum Gasteiger partial charge on any atom is -0.494 e. The summed E-state index contributed by atoms with van der Waals surface area (Å²) in [6.45, 7) is 6.87. The Morgan fingerprint density at radius 2 is 1.73 bits per heavy atom. The number of nitrogens with two attached hydrogens (primary N) is 1. The zero-order chi connectivity index (χ0) is 33.6. The average Bonchev–Trinajstić information content (AvgIpc) is 3.53. The van der Waals surface area contributed by atoms with Crippen molar-refractivity contribution in [2.24, 2.45) is 5.14 Å². The van der Waals surface area contributed by atoms with E-state index in [9.17, 15) is 13.2 Å². The van der Waals surface area contributed by atoms with E-state index in [0.717, 1.165) is 55.7 Å². The van der Waals surface area contributed by atoms with Crippen molar-refractivity contribution in [3.8, 4) is 5.75 Å². The van der Waals surface area contributed by atoms with Crippen LogP contribution in [0.1, 0.15) is 79.7 Å². The van der Waals surface area contributed by atoms with Crippen LogP contribution in [-0.2, 0) is 15.4 Å². The molecule has 9 nitrogen and oxygen atoms in total. The van der Waals surface area contributed by atoms with Crippen LogP contribution in [-0.4, -0.2) is 72.0 Å². The number of para-hydroxylation sites is 2. The first-order chi connectivity index (χ1) is 23.1. The zero-order valence-electron chi connectivity index (χ0n) is 27.6. The van der Waals surface area contributed by atoms with Crippen LogP contribution in [0.4, 0.5) is 0 Å². The number of hydrogen-bond acceptors (Lipinski definition) is 6. The van der Waals surface area contributed by atoms with E-state index in [2.05, 4.69) is 58.9 Å². The Labute approximate surface area is 288 Å². The van der Waals surface area contributed by atoms with Crippen LogP contribution in [0.3, 0.4) is 0 Å². The smallest absolute Gasteiger partial charge is 0.253 e. The number of benzene rings is 3. The van der Waals surface area contributed by atoms with E-state index in [-0.39, 0.29) is 26.8 Å². The molecule has 2 atom stereocenters. The number of hydrogen-bond donors (Lipinski definition) is 1. The van der Waals surface area contributed by atoms with Gasteiger partial charge in [-0.1, -0.05) is 35.9 Å². The SMILES string of the molecule is CCOc1cccc(C2(CCN3C4CCC3CC(n3c(C)nc5ccccc53)C4)CCN(C(=O)c3ccc(Cl)c(S(N)(=O)=O)c3)CC2)c1. The number of primary sulfonamides is 1. The third-order valence-electron chi connectivity index (χ3n) is 11.1. The van der Waals surface area contributed by atoms with Gasteiger partial charge in [-0.15, -0.1) is 0 Å². The number of rotatable bonds is 9. The zero-order valence-corrected chi connectivity index (χ0v) is 29.2. The second-order valence-corrected chi connectivity index (χ2v) is 15.7. The van der Waals surface area contributed by atoms with E-state index in [1.807, 2.05) is 17.9 Å². The number of fused-ring (bicyclic) bond motifs is 3. The van der Waals surface area contributed by atoms with Crippen LogP contribution in [0.2, 0.25) is 5.02 Å². The summed E-state index contributed by atoms with van der Waals surface area (Å²) in [6, 6.07) is 22.8. The lowest BCUT2D eigenvalue weighted by Crippen LogP contribution is -2.49. The van der Waals surface area contributed by atoms with Crippen LogP contribution in [0, 0.1) is 6.92 Å². The molecule has 3 fully saturated rings. The normalized spacial score (nSPS) is 22.7. The number of carbonyl (C=O) groups is 1. The molecule has 2 unspecified atom stereocenters. The van der Waals surface area contributed by atoms with Crippen molar-refractivity contribution in [2.45, 2.75) is 87.2 Å². The van der Waals surface area contributed by atoms with Gasteiger partial charge in [-0.05, 0) is 113 Å². The molecule has 1 amide bonds. The second kappa shape index (κ2) is 13.1. The fourth-order valence-corrected chi connectivity index (χ4v) is 9.80. The number of amides is 1. The number of aryl methyl sites for hydroxylation is 1. The fraction of sp³-hybridized carbons (Fsp3) is 0.459. The van der Waals surface area contributed by atoms with E-state index in [1.165, 1.54) is 36.1 Å². The summed E-state index contributed by atoms with van der Waals surface area (Å²) < 4.78 is 32.5. The summed E-state index contributed by atoms with van der Waals surface area (Å²) in [5.74, 6) is 1.76. The molecule has 0 radical (unpaired) electrons. The maximum absolute atomic E-state index is 13.6. The standard InChI is InChI=1S/C37H44ClN5O4S/c1-3-47-31-8-6-7-27(22-31)37(15-18-41(19-16-37)36(44)26-11-14-32(38)35(21-26)48(39,45)46)17-20-42-28-12-13-29(42)24-30(23-28)43-25(2)40-33-9-4-5-10-34(33)43/h4-11,14,21-22,28-30H,3,12-13,15-20,23-24H2,1-2H3,(H2,39,45,46). The number of halogens is 1. The first-order valence-electron chi connectivity index (χ1n) is 17.1. The summed E-state index contributed by atoms with van der Waals surface area (Å²) >= 11 is 6.10. The molecule has 254 valence electrons. The Kier molecular flexibility index (Phi) is 9.04. The fourth-order valence-electron chi connectivity index (χ4n) is 8.73. The van der Waals surface area contributed by atoms with Crippen molar-refractivity contribution in [3.63, 3.8) is 0 Å². The molecule has 7 rings (SSSR count). The largest absolute Gasteiger partial charge is 0.494 e. The molecule has 0 aliphatic carbocycles. The van der Waals surface area contributed by atoms with Crippen molar-refractivity contribution in [1.82, 2.24) is 19.4 Å². The van der Waals surface area contributed by atoms with Crippen LogP contribution < -0.4 is 9.88 Å². The number of imidazole rings is 1. The summed E-state index contributed by atoms with van der Waals surface area (Å²) in [5, 5.41) is 5.37. The highest BCUT2D eigenvalue weighted by Crippen LogP contribution is 2.45. The number of sulfonamides is 1. The van der Waals surface area contributed by atoms with Gasteiger partial charge in [0.05, 0.1) is 22.7 Å². The van der Waals surface area contributed by atoms with Crippen molar-refractivity contribution >= 4 is 38.6 Å². The van der Waals surface area contributed by atoms with Gasteiger partial charge in [-0.2, -0.15) is 0 Å². The number of likely N-dealkylation sites (tertiary alicyclic amines) is 1. The lowest BCUT2D eigenvalue weighted by Gasteiger charge is -2.45. The summed E-state index contributed by atoms with van der Waals surface area (Å²) in [5.41, 5.74) is 3.72. The quantitative estimate of drug-likeness (QED) is 0.216. The maximum Gasteiger partial charge on any atom is 0.253 e. The first kappa shape index (κ1) is 33.1. The highest BCUT2D eigenvalue weighted by molar-refractivity contribution is 7.89. The predicted octanol–water partition coefficient (Wildman–Crippen LogP) is 6.48. The highest BCUT2D eigenvalue weighted by Gasteiger charge is 2.44. The molecule has 1 aromatic heterocycles. The van der Waals surface area contributed by atoms with Gasteiger partial charge in [-0.3, -0.25) is 9.69 Å². The third kappa shape index (κ3) is 6.24. The van der Waals surface area contributed by atoms with Gasteiger partial charge in [0.25, 0.3) is 5.91 Å². The predicted molar refractivity (Wildman–Crippen MR) is 188 cm³/mol. The summed E-state index contributed by atoms with van der Waals surface area (Å²) in [7, 11) is -4.06. The highest BCUT2D eigenvalue weighted by atomic mass is 35.5. The minimum atomic E-state index is -4.06. The van der Waals surface area contributed by atoms with E-state index in [1.54, 1.807) is 6.07 Å². The van der Waals surface area contributed by atoms with Crippen molar-refractivity contribution in [3.05, 3.63) is 88.7 Å². The average molecular weight is 690 g/mol. The molecule has 4 heterocycles. The van der Waals surface area contributed by atoms with Gasteiger partial charge < -0.3 is 14.2 Å². The summed E-state index contributed by atoms with van der Waals surface area (Å²) in [4.78, 5) is 22.9. The maximum atomic E-state index is 13.6. The molecule has 0 saturated carbocycles. The molecule has 2 N–H and O–H groups in total. The van der Waals surface area contributed by atoms with Gasteiger partial charge in [0.1, 0.15) is 16.5 Å².